The Morgan fingerprint density at radius 2 is 1.56 bits per heavy atom. The molecule has 0 fully saturated rings. The Labute approximate surface area is 140 Å². The van der Waals surface area contributed by atoms with E-state index in [-0.39, 0.29) is 27.6 Å². The predicted molar refractivity (Wildman–Crippen MR) is 85.8 cm³/mol. The first-order chi connectivity index (χ1) is 11.7. The van der Waals surface area contributed by atoms with Gasteiger partial charge in [0, 0.05) is 29.8 Å². The van der Waals surface area contributed by atoms with Crippen molar-refractivity contribution < 1.29 is 23.4 Å². The smallest absolute Gasteiger partial charge is 0.276 e. The van der Waals surface area contributed by atoms with Crippen LogP contribution >= 0.6 is 0 Å². The molecular formula is C13H10N4O7S. The van der Waals surface area contributed by atoms with Gasteiger partial charge < -0.3 is 5.11 Å². The van der Waals surface area contributed by atoms with E-state index in [1.165, 1.54) is 0 Å². The van der Waals surface area contributed by atoms with E-state index in [2.05, 4.69) is 5.10 Å². The first-order valence-corrected chi connectivity index (χ1v) is 7.96. The maximum absolute atomic E-state index is 12.0. The van der Waals surface area contributed by atoms with Crippen molar-refractivity contribution in [2.24, 2.45) is 5.10 Å². The molecule has 11 nitrogen and oxygen atoms in total. The van der Waals surface area contributed by atoms with E-state index in [0.29, 0.717) is 0 Å². The number of hydrazone groups is 1. The van der Waals surface area contributed by atoms with Crippen LogP contribution in [-0.4, -0.2) is 29.6 Å². The summed E-state index contributed by atoms with van der Waals surface area (Å²) in [4.78, 5) is 21.4. The molecule has 2 aromatic rings. The van der Waals surface area contributed by atoms with Gasteiger partial charge in [0.2, 0.25) is 0 Å². The maximum atomic E-state index is 12.0. The monoisotopic (exact) mass is 366 g/mol. The zero-order chi connectivity index (χ0) is 18.6. The number of phenols is 1. The molecule has 0 unspecified atom stereocenters. The highest BCUT2D eigenvalue weighted by molar-refractivity contribution is 7.89. The second-order valence-corrected chi connectivity index (χ2v) is 6.27. The molecule has 0 aliphatic carbocycles. The lowest BCUT2D eigenvalue weighted by Crippen LogP contribution is -2.18. The van der Waals surface area contributed by atoms with Gasteiger partial charge in [-0.05, 0) is 18.2 Å². The average molecular weight is 366 g/mol. The quantitative estimate of drug-likeness (QED) is 0.444. The summed E-state index contributed by atoms with van der Waals surface area (Å²) in [5.41, 5.74) is -0.651. The van der Waals surface area contributed by atoms with Gasteiger partial charge in [-0.1, -0.05) is 0 Å². The van der Waals surface area contributed by atoms with Crippen molar-refractivity contribution in [2.45, 2.75) is 4.90 Å². The van der Waals surface area contributed by atoms with E-state index >= 15 is 0 Å². The summed E-state index contributed by atoms with van der Waals surface area (Å²) < 4.78 is 24.0. The minimum Gasteiger partial charge on any atom is -0.507 e. The van der Waals surface area contributed by atoms with Crippen molar-refractivity contribution in [1.29, 1.82) is 0 Å². The van der Waals surface area contributed by atoms with Crippen LogP contribution in [0.1, 0.15) is 5.56 Å². The Bertz CT molecular complexity index is 955. The van der Waals surface area contributed by atoms with Crippen LogP contribution in [0.3, 0.4) is 0 Å². The van der Waals surface area contributed by atoms with Crippen molar-refractivity contribution >= 4 is 27.6 Å². The predicted octanol–water partition coefficient (Wildman–Crippen LogP) is 1.52. The van der Waals surface area contributed by atoms with E-state index in [4.69, 9.17) is 0 Å². The number of aromatic hydroxyl groups is 1. The fraction of sp³-hybridized carbons (Fsp3) is 0. The van der Waals surface area contributed by atoms with Gasteiger partial charge in [-0.25, -0.2) is 4.83 Å². The standard InChI is InChI=1S/C13H10N4O7S/c18-13-6-3-11(17(21)22)7-9(13)8-14-15-25(23,24)12-4-1-10(2-5-12)16(19)20/h1-8,15,18H/b14-8-. The largest absolute Gasteiger partial charge is 0.507 e. The van der Waals surface area contributed by atoms with Gasteiger partial charge in [-0.3, -0.25) is 20.2 Å². The number of non-ortho nitro benzene ring substituents is 2. The molecule has 25 heavy (non-hydrogen) atoms. The zero-order valence-electron chi connectivity index (χ0n) is 12.3. The van der Waals surface area contributed by atoms with Gasteiger partial charge in [-0.15, -0.1) is 0 Å². The highest BCUT2D eigenvalue weighted by atomic mass is 32.2. The Morgan fingerprint density at radius 1 is 1.00 bits per heavy atom. The van der Waals surface area contributed by atoms with Gasteiger partial charge in [-0.2, -0.15) is 13.5 Å². The molecule has 2 aromatic carbocycles. The highest BCUT2D eigenvalue weighted by Gasteiger charge is 2.15. The SMILES string of the molecule is O=[N+]([O-])c1ccc(S(=O)(=O)N/N=C\c2cc([N+](=O)[O-])ccc2O)cc1. The van der Waals surface area contributed by atoms with E-state index in [0.717, 1.165) is 48.7 Å². The van der Waals surface area contributed by atoms with E-state index in [1.54, 1.807) is 0 Å². The summed E-state index contributed by atoms with van der Waals surface area (Å²) in [6, 6.07) is 7.26. The van der Waals surface area contributed by atoms with Gasteiger partial charge in [0.1, 0.15) is 5.75 Å². The van der Waals surface area contributed by atoms with E-state index in [1.807, 2.05) is 4.83 Å². The molecular weight excluding hydrogens is 356 g/mol. The number of benzene rings is 2. The van der Waals surface area contributed by atoms with E-state index < -0.39 is 19.9 Å². The van der Waals surface area contributed by atoms with Crippen LogP contribution < -0.4 is 4.83 Å². The molecule has 0 aliphatic heterocycles. The lowest BCUT2D eigenvalue weighted by molar-refractivity contribution is -0.385. The fourth-order valence-electron chi connectivity index (χ4n) is 1.72. The van der Waals surface area contributed by atoms with Crippen LogP contribution in [0, 0.1) is 20.2 Å². The number of rotatable bonds is 6. The summed E-state index contributed by atoms with van der Waals surface area (Å²) in [7, 11) is -4.10. The normalized spacial score (nSPS) is 11.4. The summed E-state index contributed by atoms with van der Waals surface area (Å²) in [5.74, 6) is -0.330. The molecule has 0 aromatic heterocycles. The number of nitrogens with one attached hydrogen (secondary N) is 1. The van der Waals surface area contributed by atoms with Crippen LogP contribution in [-0.2, 0) is 10.0 Å². The van der Waals surface area contributed by atoms with Gasteiger partial charge >= 0.3 is 0 Å². The molecule has 0 heterocycles. The van der Waals surface area contributed by atoms with Crippen LogP contribution in [0.15, 0.2) is 52.5 Å². The highest BCUT2D eigenvalue weighted by Crippen LogP contribution is 2.21. The number of hydrogen-bond donors (Lipinski definition) is 2. The lowest BCUT2D eigenvalue weighted by atomic mass is 10.2. The Hall–Kier alpha value is -3.54. The van der Waals surface area contributed by atoms with Crippen LogP contribution in [0.5, 0.6) is 5.75 Å². The molecule has 0 spiro atoms. The third kappa shape index (κ3) is 4.26. The van der Waals surface area contributed by atoms with Crippen molar-refractivity contribution in [3.05, 3.63) is 68.3 Å². The summed E-state index contributed by atoms with van der Waals surface area (Å²) in [6.07, 6.45) is 0.894. The van der Waals surface area contributed by atoms with E-state index in [9.17, 15) is 33.8 Å². The summed E-state index contributed by atoms with van der Waals surface area (Å²) in [6.45, 7) is 0. The van der Waals surface area contributed by atoms with Crippen LogP contribution in [0.2, 0.25) is 0 Å². The molecule has 12 heteroatoms. The number of sulfonamides is 1. The minimum atomic E-state index is -4.10. The maximum Gasteiger partial charge on any atom is 0.276 e. The number of phenolic OH excluding ortho intramolecular Hbond substituents is 1. The molecule has 130 valence electrons. The Balaban J connectivity index is 2.19. The molecule has 0 saturated heterocycles. The first-order valence-electron chi connectivity index (χ1n) is 6.47. The number of hydrogen-bond acceptors (Lipinski definition) is 8. The van der Waals surface area contributed by atoms with Crippen LogP contribution in [0.25, 0.3) is 0 Å². The fourth-order valence-corrected chi connectivity index (χ4v) is 2.52. The third-order valence-electron chi connectivity index (χ3n) is 2.96. The molecule has 2 rings (SSSR count). The van der Waals surface area contributed by atoms with Crippen molar-refractivity contribution in [1.82, 2.24) is 4.83 Å². The average Bonchev–Trinajstić information content (AvgIpc) is 2.56. The molecule has 0 radical (unpaired) electrons. The lowest BCUT2D eigenvalue weighted by Gasteiger charge is -2.03. The van der Waals surface area contributed by atoms with Gasteiger partial charge in [0.05, 0.1) is 21.0 Å². The summed E-state index contributed by atoms with van der Waals surface area (Å²) in [5, 5.41) is 34.2. The molecule has 0 saturated carbocycles. The number of nitro groups is 2. The van der Waals surface area contributed by atoms with Crippen LogP contribution in [0.4, 0.5) is 11.4 Å². The second kappa shape index (κ2) is 6.92. The molecule has 0 bridgehead atoms. The summed E-state index contributed by atoms with van der Waals surface area (Å²) >= 11 is 0. The second-order valence-electron chi connectivity index (χ2n) is 4.60. The van der Waals surface area contributed by atoms with Crippen molar-refractivity contribution in [3.8, 4) is 5.75 Å². The Kier molecular flexibility index (Phi) is 4.93. The first kappa shape index (κ1) is 17.8. The van der Waals surface area contributed by atoms with Gasteiger partial charge in [0.25, 0.3) is 21.4 Å². The molecule has 2 N–H and O–H groups in total. The molecule has 0 aliphatic rings. The third-order valence-corrected chi connectivity index (χ3v) is 4.19. The number of nitro benzene ring substituents is 2. The minimum absolute atomic E-state index is 0.0689. The van der Waals surface area contributed by atoms with Crippen molar-refractivity contribution in [3.63, 3.8) is 0 Å². The number of nitrogens with zero attached hydrogens (tertiary/aromatic N) is 3. The molecule has 0 amide bonds. The molecule has 0 atom stereocenters. The Morgan fingerprint density at radius 3 is 2.12 bits per heavy atom. The zero-order valence-corrected chi connectivity index (χ0v) is 13.1. The van der Waals surface area contributed by atoms with Crippen molar-refractivity contribution in [2.75, 3.05) is 0 Å². The topological polar surface area (TPSA) is 165 Å². The van der Waals surface area contributed by atoms with Gasteiger partial charge in [0.15, 0.2) is 0 Å².